The number of aliphatic carboxylic acids is 1. The molecule has 1 aromatic heterocycles. The Labute approximate surface area is 99.1 Å². The minimum absolute atomic E-state index is 0.0756. The monoisotopic (exact) mass is 236 g/mol. The van der Waals surface area contributed by atoms with Crippen LogP contribution in [-0.4, -0.2) is 20.6 Å². The minimum atomic E-state index is -0.826. The third-order valence-electron chi connectivity index (χ3n) is 3.21. The maximum atomic E-state index is 11.8. The lowest BCUT2D eigenvalue weighted by Gasteiger charge is -2.14. The van der Waals surface area contributed by atoms with Gasteiger partial charge in [-0.1, -0.05) is 0 Å². The van der Waals surface area contributed by atoms with E-state index in [1.807, 2.05) is 6.92 Å². The molecular weight excluding hydrogens is 220 g/mol. The summed E-state index contributed by atoms with van der Waals surface area (Å²) in [5.41, 5.74) is 2.23. The summed E-state index contributed by atoms with van der Waals surface area (Å²) in [6, 6.07) is 0.277. The van der Waals surface area contributed by atoms with Crippen molar-refractivity contribution in [3.05, 3.63) is 27.4 Å². The van der Waals surface area contributed by atoms with Crippen LogP contribution in [0.1, 0.15) is 42.3 Å². The van der Waals surface area contributed by atoms with Gasteiger partial charge in [0.15, 0.2) is 0 Å². The Morgan fingerprint density at radius 1 is 1.47 bits per heavy atom. The molecule has 0 aliphatic heterocycles. The number of carboxylic acid groups (broad SMARTS) is 1. The lowest BCUT2D eigenvalue weighted by Crippen LogP contribution is -2.27. The number of carbonyl (C=O) groups is 1. The number of rotatable bonds is 4. The van der Waals surface area contributed by atoms with Gasteiger partial charge in [-0.25, -0.2) is 4.79 Å². The lowest BCUT2D eigenvalue weighted by molar-refractivity contribution is -0.136. The van der Waals surface area contributed by atoms with Crippen molar-refractivity contribution >= 4 is 5.97 Å². The second kappa shape index (κ2) is 4.31. The molecular formula is C12H16N2O3. The van der Waals surface area contributed by atoms with E-state index >= 15 is 0 Å². The number of aryl methyl sites for hydroxylation is 1. The Morgan fingerprint density at radius 3 is 2.65 bits per heavy atom. The highest BCUT2D eigenvalue weighted by atomic mass is 16.4. The summed E-state index contributed by atoms with van der Waals surface area (Å²) in [7, 11) is 0. The molecule has 92 valence electrons. The van der Waals surface area contributed by atoms with Crippen molar-refractivity contribution < 1.29 is 9.90 Å². The molecule has 5 heteroatoms. The van der Waals surface area contributed by atoms with E-state index in [0.717, 1.165) is 24.1 Å². The van der Waals surface area contributed by atoms with E-state index in [1.54, 1.807) is 11.5 Å². The predicted molar refractivity (Wildman–Crippen MR) is 62.2 cm³/mol. The normalized spacial score (nSPS) is 14.9. The van der Waals surface area contributed by atoms with Crippen molar-refractivity contribution in [2.24, 2.45) is 0 Å². The van der Waals surface area contributed by atoms with Gasteiger partial charge in [-0.15, -0.1) is 0 Å². The molecule has 0 spiro atoms. The average Bonchev–Trinajstić information content (AvgIpc) is 3.00. The third kappa shape index (κ3) is 2.38. The smallest absolute Gasteiger partial charge is 0.348 e. The van der Waals surface area contributed by atoms with Crippen molar-refractivity contribution in [1.29, 1.82) is 0 Å². The van der Waals surface area contributed by atoms with Gasteiger partial charge in [0.25, 0.3) is 0 Å². The Balaban J connectivity index is 2.40. The third-order valence-corrected chi connectivity index (χ3v) is 3.21. The minimum Gasteiger partial charge on any atom is -0.481 e. The molecule has 1 saturated carbocycles. The Bertz CT molecular complexity index is 515. The molecule has 0 saturated heterocycles. The van der Waals surface area contributed by atoms with Gasteiger partial charge in [-0.05, 0) is 38.7 Å². The van der Waals surface area contributed by atoms with Crippen LogP contribution in [0.3, 0.4) is 0 Å². The summed E-state index contributed by atoms with van der Waals surface area (Å²) in [4.78, 5) is 26.4. The summed E-state index contributed by atoms with van der Waals surface area (Å²) >= 11 is 0. The fourth-order valence-electron chi connectivity index (χ4n) is 2.17. The molecule has 1 aliphatic rings. The Hall–Kier alpha value is -1.65. The number of carboxylic acids is 1. The summed E-state index contributed by atoms with van der Waals surface area (Å²) in [6.45, 7) is 3.65. The first-order valence-electron chi connectivity index (χ1n) is 5.81. The first kappa shape index (κ1) is 11.8. The van der Waals surface area contributed by atoms with Gasteiger partial charge in [-0.3, -0.25) is 9.36 Å². The van der Waals surface area contributed by atoms with Gasteiger partial charge in [0.05, 0.1) is 0 Å². The molecule has 17 heavy (non-hydrogen) atoms. The zero-order valence-corrected chi connectivity index (χ0v) is 10.1. The van der Waals surface area contributed by atoms with Crippen molar-refractivity contribution in [1.82, 2.24) is 9.55 Å². The molecule has 0 unspecified atom stereocenters. The number of hydrogen-bond acceptors (Lipinski definition) is 3. The maximum absolute atomic E-state index is 11.8. The summed E-state index contributed by atoms with van der Waals surface area (Å²) in [6.07, 6.45) is 2.55. The van der Waals surface area contributed by atoms with E-state index in [-0.39, 0.29) is 18.2 Å². The molecule has 0 atom stereocenters. The van der Waals surface area contributed by atoms with E-state index in [4.69, 9.17) is 5.11 Å². The Morgan fingerprint density at radius 2 is 2.12 bits per heavy atom. The molecule has 0 bridgehead atoms. The molecule has 0 amide bonds. The summed E-state index contributed by atoms with van der Waals surface area (Å²) in [5.74, 6) is -0.826. The van der Waals surface area contributed by atoms with Crippen LogP contribution in [-0.2, 0) is 11.2 Å². The molecule has 5 nitrogen and oxygen atoms in total. The first-order chi connectivity index (χ1) is 8.00. The molecule has 1 heterocycles. The SMILES string of the molecule is Cc1nc(=O)n(C2CC2)c(C)c1CCC(=O)O. The second-order valence-electron chi connectivity index (χ2n) is 4.54. The fraction of sp³-hybridized carbons (Fsp3) is 0.583. The van der Waals surface area contributed by atoms with Crippen LogP contribution in [0.2, 0.25) is 0 Å². The molecule has 0 radical (unpaired) electrons. The van der Waals surface area contributed by atoms with Gasteiger partial charge in [-0.2, -0.15) is 4.98 Å². The first-order valence-corrected chi connectivity index (χ1v) is 5.81. The van der Waals surface area contributed by atoms with E-state index in [2.05, 4.69) is 4.98 Å². The van der Waals surface area contributed by atoms with Crippen molar-refractivity contribution in [2.75, 3.05) is 0 Å². The number of nitrogens with zero attached hydrogens (tertiary/aromatic N) is 2. The molecule has 1 N–H and O–H groups in total. The average molecular weight is 236 g/mol. The van der Waals surface area contributed by atoms with Gasteiger partial charge < -0.3 is 5.11 Å². The summed E-state index contributed by atoms with van der Waals surface area (Å²) in [5, 5.41) is 8.71. The van der Waals surface area contributed by atoms with Gasteiger partial charge in [0.1, 0.15) is 0 Å². The highest BCUT2D eigenvalue weighted by Gasteiger charge is 2.27. The van der Waals surface area contributed by atoms with E-state index in [9.17, 15) is 9.59 Å². The lowest BCUT2D eigenvalue weighted by atomic mass is 10.1. The van der Waals surface area contributed by atoms with Crippen LogP contribution >= 0.6 is 0 Å². The molecule has 1 fully saturated rings. The summed E-state index contributed by atoms with van der Waals surface area (Å²) < 4.78 is 1.71. The van der Waals surface area contributed by atoms with Crippen LogP contribution in [0.25, 0.3) is 0 Å². The largest absolute Gasteiger partial charge is 0.481 e. The van der Waals surface area contributed by atoms with Crippen molar-refractivity contribution in [3.8, 4) is 0 Å². The van der Waals surface area contributed by atoms with E-state index < -0.39 is 5.97 Å². The standard InChI is InChI=1S/C12H16N2O3/c1-7-10(5-6-11(15)16)8(2)14(9-3-4-9)12(17)13-7/h9H,3-6H2,1-2H3,(H,15,16). The van der Waals surface area contributed by atoms with E-state index in [0.29, 0.717) is 12.1 Å². The van der Waals surface area contributed by atoms with Gasteiger partial charge in [0, 0.05) is 23.9 Å². The predicted octanol–water partition coefficient (Wildman–Crippen LogP) is 1.21. The van der Waals surface area contributed by atoms with Crippen LogP contribution < -0.4 is 5.69 Å². The molecule has 2 rings (SSSR count). The molecule has 0 aromatic carbocycles. The highest BCUT2D eigenvalue weighted by Crippen LogP contribution is 2.35. The van der Waals surface area contributed by atoms with Gasteiger partial charge in [0.2, 0.25) is 0 Å². The topological polar surface area (TPSA) is 72.2 Å². The second-order valence-corrected chi connectivity index (χ2v) is 4.54. The number of hydrogen-bond donors (Lipinski definition) is 1. The maximum Gasteiger partial charge on any atom is 0.348 e. The van der Waals surface area contributed by atoms with Crippen molar-refractivity contribution in [2.45, 2.75) is 45.6 Å². The molecule has 1 aromatic rings. The van der Waals surface area contributed by atoms with Crippen LogP contribution in [0.5, 0.6) is 0 Å². The number of aromatic nitrogens is 2. The van der Waals surface area contributed by atoms with Crippen molar-refractivity contribution in [3.63, 3.8) is 0 Å². The fourth-order valence-corrected chi connectivity index (χ4v) is 2.17. The van der Waals surface area contributed by atoms with Crippen LogP contribution in [0, 0.1) is 13.8 Å². The zero-order chi connectivity index (χ0) is 12.6. The van der Waals surface area contributed by atoms with Crippen LogP contribution in [0.15, 0.2) is 4.79 Å². The highest BCUT2D eigenvalue weighted by molar-refractivity contribution is 5.67. The van der Waals surface area contributed by atoms with Gasteiger partial charge >= 0.3 is 11.7 Å². The Kier molecular flexibility index (Phi) is 3.00. The molecule has 1 aliphatic carbocycles. The van der Waals surface area contributed by atoms with E-state index in [1.165, 1.54) is 0 Å². The van der Waals surface area contributed by atoms with Crippen LogP contribution in [0.4, 0.5) is 0 Å². The quantitative estimate of drug-likeness (QED) is 0.853. The zero-order valence-electron chi connectivity index (χ0n) is 10.1.